The molecule has 0 aliphatic heterocycles. The fourth-order valence-corrected chi connectivity index (χ4v) is 5.34. The monoisotopic (exact) mass is 539 g/mol. The molecule has 2 heterocycles. The number of aromatic amines is 1. The largest absolute Gasteiger partial charge is 0.508 e. The molecular weight excluding hydrogens is 506 g/mol. The van der Waals surface area contributed by atoms with Crippen molar-refractivity contribution in [1.29, 1.82) is 0 Å². The van der Waals surface area contributed by atoms with Crippen LogP contribution in [0.3, 0.4) is 0 Å². The first-order chi connectivity index (χ1) is 18.2. The van der Waals surface area contributed by atoms with Gasteiger partial charge >= 0.3 is 0 Å². The van der Waals surface area contributed by atoms with Crippen LogP contribution in [-0.4, -0.2) is 39.7 Å². The summed E-state index contributed by atoms with van der Waals surface area (Å²) in [6.45, 7) is 6.08. The van der Waals surface area contributed by atoms with E-state index in [9.17, 15) is 18.3 Å². The summed E-state index contributed by atoms with van der Waals surface area (Å²) in [6, 6.07) is 10.8. The number of imidazole rings is 1. The number of sulfonamides is 1. The lowest BCUT2D eigenvalue weighted by Gasteiger charge is -2.13. The van der Waals surface area contributed by atoms with Crippen LogP contribution >= 0.6 is 0 Å². The number of rotatable bonds is 12. The molecule has 10 nitrogen and oxygen atoms in total. The normalized spacial score (nSPS) is 11.8. The van der Waals surface area contributed by atoms with Crippen LogP contribution in [0, 0.1) is 6.92 Å². The maximum atomic E-state index is 13.1. The van der Waals surface area contributed by atoms with Crippen LogP contribution in [-0.2, 0) is 23.0 Å². The minimum atomic E-state index is -3.93. The van der Waals surface area contributed by atoms with Gasteiger partial charge in [0.25, 0.3) is 5.56 Å². The molecular formula is C27H33N5O5S. The van der Waals surface area contributed by atoms with E-state index in [1.807, 2.05) is 6.92 Å². The molecule has 0 saturated heterocycles. The van der Waals surface area contributed by atoms with Crippen molar-refractivity contribution in [3.05, 3.63) is 69.9 Å². The molecule has 3 N–H and O–H groups in total. The number of phenols is 1. The Morgan fingerprint density at radius 3 is 2.66 bits per heavy atom. The van der Waals surface area contributed by atoms with Gasteiger partial charge in [0.2, 0.25) is 10.0 Å². The van der Waals surface area contributed by atoms with E-state index in [2.05, 4.69) is 26.7 Å². The smallest absolute Gasteiger partial charge is 0.277 e. The second-order valence-corrected chi connectivity index (χ2v) is 10.8. The van der Waals surface area contributed by atoms with Crippen molar-refractivity contribution in [3.8, 4) is 22.9 Å². The number of nitrogens with zero attached hydrogens (tertiary/aromatic N) is 3. The Labute approximate surface area is 221 Å². The first-order valence-corrected chi connectivity index (χ1v) is 14.2. The molecule has 0 spiro atoms. The van der Waals surface area contributed by atoms with Crippen LogP contribution in [0.2, 0.25) is 0 Å². The van der Waals surface area contributed by atoms with Gasteiger partial charge < -0.3 is 14.8 Å². The Morgan fingerprint density at radius 2 is 1.92 bits per heavy atom. The Balaban J connectivity index is 1.73. The van der Waals surface area contributed by atoms with Gasteiger partial charge in [-0.15, -0.1) is 5.10 Å². The number of H-pyrrole nitrogens is 1. The number of aryl methyl sites for hydroxylation is 2. The summed E-state index contributed by atoms with van der Waals surface area (Å²) in [7, 11) is -3.93. The molecule has 4 aromatic rings. The molecule has 2 aromatic carbocycles. The molecule has 0 atom stereocenters. The molecule has 0 radical (unpaired) electrons. The standard InChI is InChI=1S/C27H33N5O5S/c1-4-6-7-8-12-24-29-18(3)25-27(34)30-26(31-32(24)25)22-16-21(13-14-23(22)37-5-2)38(35,36)28-17-19-10-9-11-20(33)15-19/h9-11,13-16,28,33H,4-8,12,17H2,1-3H3,(H,30,31,34). The molecule has 2 aromatic heterocycles. The molecule has 0 aliphatic carbocycles. The van der Waals surface area contributed by atoms with E-state index in [0.717, 1.165) is 25.7 Å². The maximum absolute atomic E-state index is 13.1. The molecule has 11 heteroatoms. The van der Waals surface area contributed by atoms with E-state index in [1.54, 1.807) is 29.6 Å². The SMILES string of the molecule is CCCCCCc1nc(C)c2c(=O)[nH]c(-c3cc(S(=O)(=O)NCc4cccc(O)c4)ccc3OCC)nn12. The number of aromatic hydroxyl groups is 1. The molecule has 0 amide bonds. The van der Waals surface area contributed by atoms with E-state index in [1.165, 1.54) is 24.3 Å². The van der Waals surface area contributed by atoms with E-state index >= 15 is 0 Å². The minimum Gasteiger partial charge on any atom is -0.508 e. The van der Waals surface area contributed by atoms with E-state index in [0.29, 0.717) is 46.9 Å². The van der Waals surface area contributed by atoms with Crippen molar-refractivity contribution < 1.29 is 18.3 Å². The number of nitrogens with one attached hydrogen (secondary N) is 2. The number of hydrogen-bond acceptors (Lipinski definition) is 7. The highest BCUT2D eigenvalue weighted by molar-refractivity contribution is 7.89. The van der Waals surface area contributed by atoms with Crippen molar-refractivity contribution >= 4 is 15.5 Å². The average molecular weight is 540 g/mol. The highest BCUT2D eigenvalue weighted by Crippen LogP contribution is 2.30. The Bertz CT molecular complexity index is 1590. The maximum Gasteiger partial charge on any atom is 0.277 e. The highest BCUT2D eigenvalue weighted by Gasteiger charge is 2.21. The lowest BCUT2D eigenvalue weighted by atomic mass is 10.1. The van der Waals surface area contributed by atoms with Gasteiger partial charge in [0.1, 0.15) is 17.3 Å². The topological polar surface area (TPSA) is 139 Å². The van der Waals surface area contributed by atoms with Gasteiger partial charge in [0, 0.05) is 13.0 Å². The number of unbranched alkanes of at least 4 members (excludes halogenated alkanes) is 3. The Kier molecular flexibility index (Phi) is 8.48. The van der Waals surface area contributed by atoms with Gasteiger partial charge in [0.05, 0.1) is 22.8 Å². The molecule has 0 saturated carbocycles. The summed E-state index contributed by atoms with van der Waals surface area (Å²) in [5.74, 6) is 1.32. The number of benzene rings is 2. The Hall–Kier alpha value is -3.70. The summed E-state index contributed by atoms with van der Waals surface area (Å²) in [5.41, 5.74) is 1.55. The van der Waals surface area contributed by atoms with Crippen LogP contribution in [0.15, 0.2) is 52.2 Å². The zero-order valence-electron chi connectivity index (χ0n) is 21.8. The number of hydrogen-bond donors (Lipinski definition) is 3. The molecule has 0 bridgehead atoms. The molecule has 0 aliphatic rings. The molecule has 4 rings (SSSR count). The minimum absolute atomic E-state index is 0.00394. The Morgan fingerprint density at radius 1 is 1.11 bits per heavy atom. The predicted molar refractivity (Wildman–Crippen MR) is 145 cm³/mol. The zero-order chi connectivity index (χ0) is 27.3. The van der Waals surface area contributed by atoms with Crippen LogP contribution in [0.4, 0.5) is 0 Å². The predicted octanol–water partition coefficient (Wildman–Crippen LogP) is 4.10. The van der Waals surface area contributed by atoms with Gasteiger partial charge in [-0.1, -0.05) is 38.3 Å². The van der Waals surface area contributed by atoms with Crippen molar-refractivity contribution in [1.82, 2.24) is 24.3 Å². The summed E-state index contributed by atoms with van der Waals surface area (Å²) >= 11 is 0. The van der Waals surface area contributed by atoms with Gasteiger partial charge in [0.15, 0.2) is 11.3 Å². The number of aromatic nitrogens is 4. The van der Waals surface area contributed by atoms with E-state index in [-0.39, 0.29) is 28.6 Å². The third-order valence-corrected chi connectivity index (χ3v) is 7.59. The fourth-order valence-electron chi connectivity index (χ4n) is 4.30. The average Bonchev–Trinajstić information content (AvgIpc) is 3.21. The quantitative estimate of drug-likeness (QED) is 0.230. The van der Waals surface area contributed by atoms with E-state index in [4.69, 9.17) is 4.74 Å². The van der Waals surface area contributed by atoms with Gasteiger partial charge in [-0.05, 0) is 56.2 Å². The summed E-state index contributed by atoms with van der Waals surface area (Å²) in [4.78, 5) is 20.4. The molecule has 0 unspecified atom stereocenters. The number of phenolic OH excluding ortho intramolecular Hbond substituents is 1. The van der Waals surface area contributed by atoms with Crippen LogP contribution in [0.1, 0.15) is 56.6 Å². The number of ether oxygens (including phenoxy) is 1. The van der Waals surface area contributed by atoms with Crippen molar-refractivity contribution in [2.75, 3.05) is 6.61 Å². The van der Waals surface area contributed by atoms with Crippen molar-refractivity contribution in [3.63, 3.8) is 0 Å². The first-order valence-electron chi connectivity index (χ1n) is 12.8. The van der Waals surface area contributed by atoms with Crippen molar-refractivity contribution in [2.45, 2.75) is 64.3 Å². The van der Waals surface area contributed by atoms with Gasteiger partial charge in [-0.3, -0.25) is 4.79 Å². The fraction of sp³-hybridized carbons (Fsp3) is 0.370. The van der Waals surface area contributed by atoms with Crippen LogP contribution < -0.4 is 15.0 Å². The molecule has 38 heavy (non-hydrogen) atoms. The van der Waals surface area contributed by atoms with Gasteiger partial charge in [-0.25, -0.2) is 22.6 Å². The number of fused-ring (bicyclic) bond motifs is 1. The second kappa shape index (κ2) is 11.8. The summed E-state index contributed by atoms with van der Waals surface area (Å²) < 4.78 is 36.1. The lowest BCUT2D eigenvalue weighted by molar-refractivity contribution is 0.341. The van der Waals surface area contributed by atoms with Gasteiger partial charge in [-0.2, -0.15) is 0 Å². The molecule has 0 fully saturated rings. The lowest BCUT2D eigenvalue weighted by Crippen LogP contribution is -2.23. The summed E-state index contributed by atoms with van der Waals surface area (Å²) in [5, 5.41) is 14.3. The van der Waals surface area contributed by atoms with E-state index < -0.39 is 10.0 Å². The zero-order valence-corrected chi connectivity index (χ0v) is 22.6. The third kappa shape index (κ3) is 6.05. The first kappa shape index (κ1) is 27.3. The summed E-state index contributed by atoms with van der Waals surface area (Å²) in [6.07, 6.45) is 4.91. The van der Waals surface area contributed by atoms with Crippen LogP contribution in [0.25, 0.3) is 16.9 Å². The van der Waals surface area contributed by atoms with Crippen molar-refractivity contribution in [2.24, 2.45) is 0 Å². The second-order valence-electron chi connectivity index (χ2n) is 9.07. The highest BCUT2D eigenvalue weighted by atomic mass is 32.2. The molecule has 202 valence electrons. The van der Waals surface area contributed by atoms with Crippen LogP contribution in [0.5, 0.6) is 11.5 Å². The third-order valence-electron chi connectivity index (χ3n) is 6.19.